The van der Waals surface area contributed by atoms with E-state index >= 15 is 0 Å². The number of nitrogens with one attached hydrogen (secondary N) is 1. The molecule has 0 aliphatic carbocycles. The lowest BCUT2D eigenvalue weighted by Gasteiger charge is -2.29. The third-order valence-electron chi connectivity index (χ3n) is 6.11. The molecule has 0 saturated carbocycles. The highest BCUT2D eigenvalue weighted by Crippen LogP contribution is 2.42. The van der Waals surface area contributed by atoms with E-state index in [1.54, 1.807) is 37.3 Å². The SMILES string of the molecule is CNC(=O)C(C)N(Cc1ccc(Cl)cc1)C(=O)CCCN1c2cccc3cccc(c23)S1(=O)=O. The van der Waals surface area contributed by atoms with Gasteiger partial charge in [0.05, 0.1) is 10.6 Å². The predicted octanol–water partition coefficient (Wildman–Crippen LogP) is 3.95. The monoisotopic (exact) mass is 499 g/mol. The van der Waals surface area contributed by atoms with Gasteiger partial charge in [0.1, 0.15) is 6.04 Å². The lowest BCUT2D eigenvalue weighted by atomic mass is 10.1. The molecule has 0 saturated heterocycles. The first-order valence-corrected chi connectivity index (χ1v) is 12.9. The third-order valence-corrected chi connectivity index (χ3v) is 8.22. The second-order valence-electron chi connectivity index (χ2n) is 8.25. The molecule has 1 N–H and O–H groups in total. The minimum atomic E-state index is -3.67. The minimum Gasteiger partial charge on any atom is -0.357 e. The third kappa shape index (κ3) is 4.48. The Balaban J connectivity index is 1.49. The summed E-state index contributed by atoms with van der Waals surface area (Å²) in [5, 5.41) is 4.76. The molecule has 1 heterocycles. The lowest BCUT2D eigenvalue weighted by Crippen LogP contribution is -2.46. The van der Waals surface area contributed by atoms with Crippen LogP contribution >= 0.6 is 11.6 Å². The topological polar surface area (TPSA) is 86.8 Å². The number of anilines is 1. The lowest BCUT2D eigenvalue weighted by molar-refractivity contribution is -0.140. The van der Waals surface area contributed by atoms with Crippen molar-refractivity contribution in [3.8, 4) is 0 Å². The molecule has 0 bridgehead atoms. The van der Waals surface area contributed by atoms with Crippen LogP contribution in [-0.2, 0) is 26.2 Å². The van der Waals surface area contributed by atoms with E-state index in [4.69, 9.17) is 11.6 Å². The fraction of sp³-hybridized carbons (Fsp3) is 0.280. The molecule has 3 aromatic rings. The number of sulfonamides is 1. The number of halogens is 1. The first-order valence-electron chi connectivity index (χ1n) is 11.0. The summed E-state index contributed by atoms with van der Waals surface area (Å²) in [5.74, 6) is -0.495. The summed E-state index contributed by atoms with van der Waals surface area (Å²) in [5.41, 5.74) is 1.48. The number of benzene rings is 3. The Kier molecular flexibility index (Phi) is 6.81. The molecule has 4 rings (SSSR count). The number of rotatable bonds is 8. The van der Waals surface area contributed by atoms with Crippen molar-refractivity contribution in [3.63, 3.8) is 0 Å². The number of nitrogens with zero attached hydrogens (tertiary/aromatic N) is 2. The van der Waals surface area contributed by atoms with Gasteiger partial charge in [-0.2, -0.15) is 0 Å². The van der Waals surface area contributed by atoms with Crippen LogP contribution in [0.1, 0.15) is 25.3 Å². The molecule has 0 fully saturated rings. The summed E-state index contributed by atoms with van der Waals surface area (Å²) in [7, 11) is -2.14. The Bertz CT molecular complexity index is 1340. The summed E-state index contributed by atoms with van der Waals surface area (Å²) < 4.78 is 27.7. The second-order valence-corrected chi connectivity index (χ2v) is 10.5. The molecule has 0 radical (unpaired) electrons. The summed E-state index contributed by atoms with van der Waals surface area (Å²) in [6.45, 7) is 2.09. The number of amides is 2. The van der Waals surface area contributed by atoms with Gasteiger partial charge in [0, 0.05) is 37.0 Å². The average Bonchev–Trinajstić information content (AvgIpc) is 3.05. The van der Waals surface area contributed by atoms with Crippen molar-refractivity contribution in [3.05, 3.63) is 71.2 Å². The summed E-state index contributed by atoms with van der Waals surface area (Å²) in [6.07, 6.45) is 0.424. The molecule has 9 heteroatoms. The molecular weight excluding hydrogens is 474 g/mol. The van der Waals surface area contributed by atoms with Gasteiger partial charge in [0.25, 0.3) is 10.0 Å². The molecular formula is C25H26ClN3O4S. The van der Waals surface area contributed by atoms with Crippen LogP contribution < -0.4 is 9.62 Å². The van der Waals surface area contributed by atoms with Crippen LogP contribution in [-0.4, -0.2) is 44.8 Å². The van der Waals surface area contributed by atoms with Crippen molar-refractivity contribution in [2.45, 2.75) is 37.2 Å². The number of hydrogen-bond acceptors (Lipinski definition) is 4. The van der Waals surface area contributed by atoms with E-state index < -0.39 is 16.1 Å². The van der Waals surface area contributed by atoms with E-state index in [0.717, 1.165) is 10.9 Å². The highest BCUT2D eigenvalue weighted by molar-refractivity contribution is 7.93. The fourth-order valence-corrected chi connectivity index (χ4v) is 6.17. The van der Waals surface area contributed by atoms with Gasteiger partial charge in [0.2, 0.25) is 11.8 Å². The van der Waals surface area contributed by atoms with Crippen molar-refractivity contribution in [1.82, 2.24) is 10.2 Å². The van der Waals surface area contributed by atoms with E-state index in [1.165, 1.54) is 16.3 Å². The molecule has 34 heavy (non-hydrogen) atoms. The molecule has 2 amide bonds. The van der Waals surface area contributed by atoms with Gasteiger partial charge < -0.3 is 10.2 Å². The van der Waals surface area contributed by atoms with Gasteiger partial charge in [-0.3, -0.25) is 13.9 Å². The van der Waals surface area contributed by atoms with Crippen LogP contribution in [0.5, 0.6) is 0 Å². The highest BCUT2D eigenvalue weighted by atomic mass is 35.5. The van der Waals surface area contributed by atoms with E-state index in [2.05, 4.69) is 5.32 Å². The van der Waals surface area contributed by atoms with Crippen LogP contribution in [0.25, 0.3) is 10.8 Å². The van der Waals surface area contributed by atoms with Crippen molar-refractivity contribution in [2.24, 2.45) is 0 Å². The average molecular weight is 500 g/mol. The van der Waals surface area contributed by atoms with Gasteiger partial charge >= 0.3 is 0 Å². The van der Waals surface area contributed by atoms with Crippen LogP contribution in [0.15, 0.2) is 65.6 Å². The molecule has 178 valence electrons. The zero-order valence-electron chi connectivity index (χ0n) is 19.0. The molecule has 1 aliphatic rings. The molecule has 0 spiro atoms. The Labute approximate surface area is 204 Å². The zero-order valence-corrected chi connectivity index (χ0v) is 20.6. The number of carbonyl (C=O) groups is 2. The van der Waals surface area contributed by atoms with Crippen LogP contribution in [0, 0.1) is 0 Å². The standard InChI is InChI=1S/C25H26ClN3O4S/c1-17(25(31)27-2)28(16-18-11-13-20(26)14-12-18)23(30)10-5-15-29-21-8-3-6-19-7-4-9-22(24(19)21)34(29,32)33/h3-4,6-9,11-14,17H,5,10,15-16H2,1-2H3,(H,27,31). The van der Waals surface area contributed by atoms with Crippen LogP contribution in [0.2, 0.25) is 5.02 Å². The van der Waals surface area contributed by atoms with E-state index in [-0.39, 0.29) is 31.3 Å². The fourth-order valence-electron chi connectivity index (χ4n) is 4.29. The first-order chi connectivity index (χ1) is 16.2. The second kappa shape index (κ2) is 9.64. The summed E-state index contributed by atoms with van der Waals surface area (Å²) in [6, 6.07) is 17.2. The number of carbonyl (C=O) groups excluding carboxylic acids is 2. The molecule has 1 atom stereocenters. The molecule has 0 aromatic heterocycles. The number of likely N-dealkylation sites (N-methyl/N-ethyl adjacent to an activating group) is 1. The quantitative estimate of drug-likeness (QED) is 0.508. The molecule has 1 unspecified atom stereocenters. The molecule has 7 nitrogen and oxygen atoms in total. The van der Waals surface area contributed by atoms with Gasteiger partial charge in [-0.1, -0.05) is 48.0 Å². The Hall–Kier alpha value is -3.10. The minimum absolute atomic E-state index is 0.104. The Morgan fingerprint density at radius 2 is 1.74 bits per heavy atom. The summed E-state index contributed by atoms with van der Waals surface area (Å²) >= 11 is 5.96. The van der Waals surface area contributed by atoms with Gasteiger partial charge in [-0.15, -0.1) is 0 Å². The van der Waals surface area contributed by atoms with Gasteiger partial charge in [-0.05, 0) is 48.6 Å². The zero-order chi connectivity index (χ0) is 24.5. The molecule has 3 aromatic carbocycles. The smallest absolute Gasteiger partial charge is 0.265 e. The normalized spacial score (nSPS) is 14.7. The van der Waals surface area contributed by atoms with Crippen molar-refractivity contribution in [2.75, 3.05) is 17.9 Å². The molecule has 1 aliphatic heterocycles. The number of hydrogen-bond donors (Lipinski definition) is 1. The maximum atomic E-state index is 13.2. The summed E-state index contributed by atoms with van der Waals surface area (Å²) in [4.78, 5) is 27.3. The predicted molar refractivity (Wildman–Crippen MR) is 133 cm³/mol. The largest absolute Gasteiger partial charge is 0.357 e. The maximum Gasteiger partial charge on any atom is 0.265 e. The van der Waals surface area contributed by atoms with E-state index in [1.807, 2.05) is 30.3 Å². The van der Waals surface area contributed by atoms with E-state index in [9.17, 15) is 18.0 Å². The van der Waals surface area contributed by atoms with Gasteiger partial charge in [-0.25, -0.2) is 8.42 Å². The maximum absolute atomic E-state index is 13.2. The van der Waals surface area contributed by atoms with Crippen molar-refractivity contribution >= 4 is 49.9 Å². The Morgan fingerprint density at radius 3 is 2.41 bits per heavy atom. The highest BCUT2D eigenvalue weighted by Gasteiger charge is 2.35. The van der Waals surface area contributed by atoms with Crippen LogP contribution in [0.3, 0.4) is 0 Å². The van der Waals surface area contributed by atoms with Gasteiger partial charge in [0.15, 0.2) is 0 Å². The first kappa shape index (κ1) is 24.0. The van der Waals surface area contributed by atoms with Crippen molar-refractivity contribution in [1.29, 1.82) is 0 Å². The Morgan fingerprint density at radius 1 is 1.06 bits per heavy atom. The van der Waals surface area contributed by atoms with E-state index in [0.29, 0.717) is 27.4 Å². The van der Waals surface area contributed by atoms with Crippen molar-refractivity contribution < 1.29 is 18.0 Å². The van der Waals surface area contributed by atoms with Crippen LogP contribution in [0.4, 0.5) is 5.69 Å².